The molecule has 10 heteroatoms. The first-order valence-electron chi connectivity index (χ1n) is 10.1. The molecule has 2 amide bonds. The Kier molecular flexibility index (Phi) is 9.36. The maximum Gasteiger partial charge on any atom is 0.244 e. The Balaban J connectivity index is 2.45. The number of likely N-dealkylation sites (N-methyl/N-ethyl adjacent to an activating group) is 1. The topological polar surface area (TPSA) is 86.8 Å². The molecular formula is C22H27Cl2N3O4S. The van der Waals surface area contributed by atoms with Crippen LogP contribution in [-0.2, 0) is 26.2 Å². The molecule has 0 aliphatic carbocycles. The molecule has 0 aromatic heterocycles. The summed E-state index contributed by atoms with van der Waals surface area (Å²) >= 11 is 12.3. The van der Waals surface area contributed by atoms with Crippen molar-refractivity contribution in [2.45, 2.75) is 32.9 Å². The lowest BCUT2D eigenvalue weighted by Gasteiger charge is -2.33. The summed E-state index contributed by atoms with van der Waals surface area (Å²) in [5.74, 6) is -0.834. The summed E-state index contributed by atoms with van der Waals surface area (Å²) in [4.78, 5) is 27.5. The van der Waals surface area contributed by atoms with Crippen LogP contribution in [0.1, 0.15) is 25.8 Å². The summed E-state index contributed by atoms with van der Waals surface area (Å²) in [7, 11) is -3.88. The van der Waals surface area contributed by atoms with Crippen molar-refractivity contribution >= 4 is 50.7 Å². The minimum Gasteiger partial charge on any atom is -0.355 e. The predicted octanol–water partition coefficient (Wildman–Crippen LogP) is 3.70. The van der Waals surface area contributed by atoms with E-state index in [1.165, 1.54) is 23.1 Å². The average molecular weight is 500 g/mol. The van der Waals surface area contributed by atoms with Crippen molar-refractivity contribution in [1.29, 1.82) is 0 Å². The van der Waals surface area contributed by atoms with E-state index in [4.69, 9.17) is 23.2 Å². The third kappa shape index (κ3) is 6.85. The molecule has 0 heterocycles. The molecule has 0 saturated heterocycles. The molecule has 32 heavy (non-hydrogen) atoms. The number of carbonyl (C=O) groups is 2. The molecule has 0 radical (unpaired) electrons. The van der Waals surface area contributed by atoms with E-state index < -0.39 is 28.5 Å². The molecule has 0 bridgehead atoms. The largest absolute Gasteiger partial charge is 0.355 e. The number of hydrogen-bond donors (Lipinski definition) is 1. The Morgan fingerprint density at radius 1 is 1.06 bits per heavy atom. The standard InChI is InChI=1S/C22H27Cl2N3O4S/c1-4-19(22(29)25-5-2)26(14-16-9-7-6-8-10-16)21(28)15-27(32(3,30)31)20-13-17(23)11-12-18(20)24/h6-13,19H,4-5,14-15H2,1-3H3,(H,25,29)/t19-/m0/s1. The van der Waals surface area contributed by atoms with E-state index in [0.29, 0.717) is 13.0 Å². The first kappa shape index (κ1) is 26.0. The maximum absolute atomic E-state index is 13.4. The molecular weight excluding hydrogens is 473 g/mol. The zero-order valence-corrected chi connectivity index (χ0v) is 20.5. The van der Waals surface area contributed by atoms with Crippen molar-refractivity contribution in [3.05, 3.63) is 64.1 Å². The van der Waals surface area contributed by atoms with Crippen LogP contribution < -0.4 is 9.62 Å². The van der Waals surface area contributed by atoms with E-state index in [1.54, 1.807) is 13.8 Å². The molecule has 0 aliphatic rings. The van der Waals surface area contributed by atoms with Crippen LogP contribution in [0.2, 0.25) is 10.0 Å². The van der Waals surface area contributed by atoms with Gasteiger partial charge in [-0.3, -0.25) is 13.9 Å². The molecule has 7 nitrogen and oxygen atoms in total. The van der Waals surface area contributed by atoms with Gasteiger partial charge >= 0.3 is 0 Å². The smallest absolute Gasteiger partial charge is 0.244 e. The van der Waals surface area contributed by atoms with Crippen molar-refractivity contribution in [3.8, 4) is 0 Å². The highest BCUT2D eigenvalue weighted by atomic mass is 35.5. The molecule has 0 aliphatic heterocycles. The van der Waals surface area contributed by atoms with Crippen LogP contribution in [0.5, 0.6) is 0 Å². The monoisotopic (exact) mass is 499 g/mol. The fourth-order valence-electron chi connectivity index (χ4n) is 3.26. The summed E-state index contributed by atoms with van der Waals surface area (Å²) in [6.07, 6.45) is 1.35. The fraction of sp³-hybridized carbons (Fsp3) is 0.364. The molecule has 2 aromatic rings. The Bertz CT molecular complexity index is 1050. The van der Waals surface area contributed by atoms with Crippen LogP contribution in [0.25, 0.3) is 0 Å². The average Bonchev–Trinajstić information content (AvgIpc) is 2.73. The molecule has 2 aromatic carbocycles. The molecule has 174 valence electrons. The number of nitrogens with one attached hydrogen (secondary N) is 1. The molecule has 0 spiro atoms. The number of rotatable bonds is 10. The fourth-order valence-corrected chi connectivity index (χ4v) is 4.55. The quantitative estimate of drug-likeness (QED) is 0.539. The van der Waals surface area contributed by atoms with Gasteiger partial charge in [-0.1, -0.05) is 60.5 Å². The van der Waals surface area contributed by atoms with Gasteiger partial charge in [0.15, 0.2) is 0 Å². The van der Waals surface area contributed by atoms with Crippen molar-refractivity contribution in [1.82, 2.24) is 10.2 Å². The SMILES string of the molecule is CCNC(=O)[C@H](CC)N(Cc1ccccc1)C(=O)CN(c1cc(Cl)ccc1Cl)S(C)(=O)=O. The van der Waals surface area contributed by atoms with Gasteiger partial charge in [0.1, 0.15) is 12.6 Å². The summed E-state index contributed by atoms with van der Waals surface area (Å²) in [6.45, 7) is 3.63. The van der Waals surface area contributed by atoms with Gasteiger partial charge in [0, 0.05) is 18.1 Å². The van der Waals surface area contributed by atoms with Crippen LogP contribution in [-0.4, -0.2) is 50.5 Å². The number of amides is 2. The van der Waals surface area contributed by atoms with Crippen LogP contribution in [0.15, 0.2) is 48.5 Å². The number of hydrogen-bond acceptors (Lipinski definition) is 4. The lowest BCUT2D eigenvalue weighted by molar-refractivity contribution is -0.140. The van der Waals surface area contributed by atoms with E-state index in [-0.39, 0.29) is 28.2 Å². The first-order valence-corrected chi connectivity index (χ1v) is 12.7. The highest BCUT2D eigenvalue weighted by molar-refractivity contribution is 7.92. The van der Waals surface area contributed by atoms with Gasteiger partial charge < -0.3 is 10.2 Å². The minimum atomic E-state index is -3.88. The second-order valence-electron chi connectivity index (χ2n) is 7.19. The maximum atomic E-state index is 13.4. The minimum absolute atomic E-state index is 0.0979. The highest BCUT2D eigenvalue weighted by Gasteiger charge is 2.32. The molecule has 0 saturated carbocycles. The third-order valence-corrected chi connectivity index (χ3v) is 6.47. The highest BCUT2D eigenvalue weighted by Crippen LogP contribution is 2.31. The molecule has 0 unspecified atom stereocenters. The number of nitrogens with zero attached hydrogens (tertiary/aromatic N) is 2. The van der Waals surface area contributed by atoms with E-state index >= 15 is 0 Å². The van der Waals surface area contributed by atoms with Crippen LogP contribution >= 0.6 is 23.2 Å². The summed E-state index contributed by atoms with van der Waals surface area (Å²) in [6, 6.07) is 12.8. The van der Waals surface area contributed by atoms with E-state index in [1.807, 2.05) is 30.3 Å². The van der Waals surface area contributed by atoms with Crippen LogP contribution in [0.4, 0.5) is 5.69 Å². The van der Waals surface area contributed by atoms with Gasteiger partial charge in [-0.25, -0.2) is 8.42 Å². The van der Waals surface area contributed by atoms with E-state index in [0.717, 1.165) is 16.1 Å². The van der Waals surface area contributed by atoms with Gasteiger partial charge in [0.05, 0.1) is 17.0 Å². The summed E-state index contributed by atoms with van der Waals surface area (Å²) in [5, 5.41) is 3.16. The van der Waals surface area contributed by atoms with Gasteiger partial charge in [-0.05, 0) is 37.1 Å². The number of carbonyl (C=O) groups excluding carboxylic acids is 2. The number of anilines is 1. The number of sulfonamides is 1. The van der Waals surface area contributed by atoms with Gasteiger partial charge in [0.25, 0.3) is 0 Å². The van der Waals surface area contributed by atoms with Crippen molar-refractivity contribution in [2.75, 3.05) is 23.7 Å². The first-order chi connectivity index (χ1) is 15.1. The lowest BCUT2D eigenvalue weighted by Crippen LogP contribution is -2.52. The molecule has 0 fully saturated rings. The third-order valence-electron chi connectivity index (χ3n) is 4.79. The zero-order valence-electron chi connectivity index (χ0n) is 18.2. The van der Waals surface area contributed by atoms with Gasteiger partial charge in [0.2, 0.25) is 21.8 Å². The van der Waals surface area contributed by atoms with Crippen molar-refractivity contribution in [3.63, 3.8) is 0 Å². The van der Waals surface area contributed by atoms with Crippen LogP contribution in [0.3, 0.4) is 0 Å². The van der Waals surface area contributed by atoms with Gasteiger partial charge in [-0.15, -0.1) is 0 Å². The lowest BCUT2D eigenvalue weighted by atomic mass is 10.1. The Hall–Kier alpha value is -2.29. The second-order valence-corrected chi connectivity index (χ2v) is 9.94. The van der Waals surface area contributed by atoms with Gasteiger partial charge in [-0.2, -0.15) is 0 Å². The van der Waals surface area contributed by atoms with E-state index in [9.17, 15) is 18.0 Å². The zero-order chi connectivity index (χ0) is 23.9. The van der Waals surface area contributed by atoms with Crippen molar-refractivity contribution < 1.29 is 18.0 Å². The van der Waals surface area contributed by atoms with Crippen molar-refractivity contribution in [2.24, 2.45) is 0 Å². The van der Waals surface area contributed by atoms with Crippen LogP contribution in [0, 0.1) is 0 Å². The second kappa shape index (κ2) is 11.5. The number of halogens is 2. The summed E-state index contributed by atoms with van der Waals surface area (Å²) < 4.78 is 26.0. The predicted molar refractivity (Wildman–Crippen MR) is 128 cm³/mol. The molecule has 2 rings (SSSR count). The number of benzene rings is 2. The molecule has 1 atom stereocenters. The summed E-state index contributed by atoms with van der Waals surface area (Å²) in [5.41, 5.74) is 0.913. The Labute approximate surface area is 199 Å². The normalized spacial score (nSPS) is 12.2. The Morgan fingerprint density at radius 3 is 2.28 bits per heavy atom. The molecule has 1 N–H and O–H groups in total. The Morgan fingerprint density at radius 2 is 1.72 bits per heavy atom. The van der Waals surface area contributed by atoms with E-state index in [2.05, 4.69) is 5.32 Å².